The highest BCUT2D eigenvalue weighted by Gasteiger charge is 2.27. The molecule has 1 heterocycles. The molecule has 0 saturated carbocycles. The van der Waals surface area contributed by atoms with Gasteiger partial charge in [0.05, 0.1) is 12.6 Å². The van der Waals surface area contributed by atoms with E-state index in [1.54, 1.807) is 18.5 Å². The van der Waals surface area contributed by atoms with E-state index in [9.17, 15) is 18.7 Å². The number of thiazole rings is 1. The lowest BCUT2D eigenvalue weighted by atomic mass is 9.95. The van der Waals surface area contributed by atoms with E-state index in [4.69, 9.17) is 0 Å². The second kappa shape index (κ2) is 7.01. The van der Waals surface area contributed by atoms with Crippen LogP contribution >= 0.6 is 11.3 Å². The molecule has 0 aliphatic carbocycles. The molecular weight excluding hydrogens is 324 g/mol. The van der Waals surface area contributed by atoms with Gasteiger partial charge in [-0.15, -0.1) is 11.3 Å². The van der Waals surface area contributed by atoms with Gasteiger partial charge >= 0.3 is 6.03 Å². The first-order valence-corrected chi connectivity index (χ1v) is 7.79. The minimum Gasteiger partial charge on any atom is -0.383 e. The average Bonchev–Trinajstić information content (AvgIpc) is 2.99. The summed E-state index contributed by atoms with van der Waals surface area (Å²) in [6.45, 7) is 2.88. The molecule has 5 nitrogen and oxygen atoms in total. The number of carbonyl (C=O) groups excluding carboxylic acids is 1. The minimum atomic E-state index is -1.67. The van der Waals surface area contributed by atoms with Gasteiger partial charge in [0.15, 0.2) is 0 Å². The molecule has 2 aromatic rings. The number of aliphatic hydroxyl groups is 1. The van der Waals surface area contributed by atoms with Gasteiger partial charge in [-0.1, -0.05) is 6.07 Å². The van der Waals surface area contributed by atoms with Crippen molar-refractivity contribution in [1.29, 1.82) is 0 Å². The largest absolute Gasteiger partial charge is 0.383 e. The number of benzene rings is 1. The summed E-state index contributed by atoms with van der Waals surface area (Å²) < 4.78 is 26.7. The summed E-state index contributed by atoms with van der Waals surface area (Å²) in [4.78, 5) is 15.9. The highest BCUT2D eigenvalue weighted by Crippen LogP contribution is 2.23. The Balaban J connectivity index is 1.94. The first kappa shape index (κ1) is 17.3. The summed E-state index contributed by atoms with van der Waals surface area (Å²) in [6, 6.07) is 2.09. The lowest BCUT2D eigenvalue weighted by Gasteiger charge is -2.25. The van der Waals surface area contributed by atoms with Gasteiger partial charge < -0.3 is 15.7 Å². The van der Waals surface area contributed by atoms with E-state index in [1.165, 1.54) is 18.3 Å². The summed E-state index contributed by atoms with van der Waals surface area (Å²) in [5, 5.41) is 18.0. The Morgan fingerprint density at radius 2 is 2.22 bits per heavy atom. The molecule has 0 aliphatic rings. The van der Waals surface area contributed by atoms with E-state index < -0.39 is 23.3 Å². The van der Waals surface area contributed by atoms with Crippen molar-refractivity contribution >= 4 is 17.4 Å². The van der Waals surface area contributed by atoms with Crippen LogP contribution in [-0.2, 0) is 5.60 Å². The molecule has 0 fully saturated rings. The quantitative estimate of drug-likeness (QED) is 0.783. The number of halogens is 2. The zero-order valence-corrected chi connectivity index (χ0v) is 13.5. The number of hydrogen-bond donors (Lipinski definition) is 3. The molecule has 1 aromatic heterocycles. The fourth-order valence-electron chi connectivity index (χ4n) is 2.03. The first-order valence-electron chi connectivity index (χ1n) is 6.91. The van der Waals surface area contributed by atoms with E-state index in [0.717, 1.165) is 17.1 Å². The highest BCUT2D eigenvalue weighted by molar-refractivity contribution is 7.09. The highest BCUT2D eigenvalue weighted by atomic mass is 32.1. The van der Waals surface area contributed by atoms with Gasteiger partial charge in [-0.3, -0.25) is 0 Å². The van der Waals surface area contributed by atoms with E-state index in [-0.39, 0.29) is 18.2 Å². The third kappa shape index (κ3) is 4.46. The third-order valence-electron chi connectivity index (χ3n) is 3.27. The minimum absolute atomic E-state index is 0.0906. The van der Waals surface area contributed by atoms with Gasteiger partial charge in [0.1, 0.15) is 22.2 Å². The van der Waals surface area contributed by atoms with Gasteiger partial charge in [0.2, 0.25) is 0 Å². The summed E-state index contributed by atoms with van der Waals surface area (Å²) in [5.74, 6) is -1.60. The fraction of sp³-hybridized carbons (Fsp3) is 0.333. The van der Waals surface area contributed by atoms with Crippen LogP contribution in [0.4, 0.5) is 13.6 Å². The van der Waals surface area contributed by atoms with Crippen LogP contribution in [0.3, 0.4) is 0 Å². The average molecular weight is 341 g/mol. The lowest BCUT2D eigenvalue weighted by Crippen LogP contribution is -2.44. The monoisotopic (exact) mass is 341 g/mol. The van der Waals surface area contributed by atoms with Crippen molar-refractivity contribution in [2.24, 2.45) is 0 Å². The summed E-state index contributed by atoms with van der Waals surface area (Å²) in [5.41, 5.74) is -1.76. The van der Waals surface area contributed by atoms with Gasteiger partial charge in [-0.2, -0.15) is 0 Å². The standard InChI is InChI=1S/C15H17F2N3O2S/c1-9(13-18-5-6-23-13)20-14(21)19-8-15(2,22)11-4-3-10(16)7-12(11)17/h3-7,9,22H,8H2,1-2H3,(H2,19,20,21)/t9-,15+/m0/s1. The van der Waals surface area contributed by atoms with Crippen molar-refractivity contribution in [3.8, 4) is 0 Å². The van der Waals surface area contributed by atoms with Gasteiger partial charge in [0.25, 0.3) is 0 Å². The Morgan fingerprint density at radius 3 is 2.83 bits per heavy atom. The Morgan fingerprint density at radius 1 is 1.48 bits per heavy atom. The number of rotatable bonds is 5. The Bertz CT molecular complexity index is 677. The van der Waals surface area contributed by atoms with Crippen molar-refractivity contribution < 1.29 is 18.7 Å². The van der Waals surface area contributed by atoms with Crippen LogP contribution in [-0.4, -0.2) is 22.7 Å². The summed E-state index contributed by atoms with van der Waals surface area (Å²) in [6.07, 6.45) is 1.64. The number of amides is 2. The van der Waals surface area contributed by atoms with Crippen molar-refractivity contribution in [3.63, 3.8) is 0 Å². The van der Waals surface area contributed by atoms with E-state index in [2.05, 4.69) is 15.6 Å². The molecule has 1 aromatic carbocycles. The number of carbonyl (C=O) groups is 1. The van der Waals surface area contributed by atoms with Crippen LogP contribution in [0.2, 0.25) is 0 Å². The smallest absolute Gasteiger partial charge is 0.315 e. The number of urea groups is 1. The predicted octanol–water partition coefficient (Wildman–Crippen LogP) is 2.69. The number of aromatic nitrogens is 1. The zero-order chi connectivity index (χ0) is 17.0. The van der Waals surface area contributed by atoms with Gasteiger partial charge in [-0.25, -0.2) is 18.6 Å². The molecule has 2 amide bonds. The van der Waals surface area contributed by atoms with Crippen LogP contribution in [0.1, 0.15) is 30.5 Å². The van der Waals surface area contributed by atoms with Crippen LogP contribution in [0.15, 0.2) is 29.8 Å². The van der Waals surface area contributed by atoms with Crippen LogP contribution in [0.25, 0.3) is 0 Å². The van der Waals surface area contributed by atoms with E-state index in [0.29, 0.717) is 6.07 Å². The predicted molar refractivity (Wildman–Crippen MR) is 83.0 cm³/mol. The SMILES string of the molecule is C[C@H](NC(=O)NC[C@@](C)(O)c1ccc(F)cc1F)c1nccs1. The molecular formula is C15H17F2N3O2S. The number of nitrogens with one attached hydrogen (secondary N) is 2. The van der Waals surface area contributed by atoms with Gasteiger partial charge in [0, 0.05) is 23.2 Å². The summed E-state index contributed by atoms with van der Waals surface area (Å²) in [7, 11) is 0. The molecule has 23 heavy (non-hydrogen) atoms. The number of hydrogen-bond acceptors (Lipinski definition) is 4. The normalized spacial score (nSPS) is 14.8. The molecule has 124 valence electrons. The van der Waals surface area contributed by atoms with Crippen molar-refractivity contribution in [3.05, 3.63) is 52.0 Å². The first-order chi connectivity index (χ1) is 10.8. The molecule has 0 unspecified atom stereocenters. The Labute approximate surface area is 136 Å². The Kier molecular flexibility index (Phi) is 5.27. The maximum Gasteiger partial charge on any atom is 0.315 e. The third-order valence-corrected chi connectivity index (χ3v) is 4.23. The number of nitrogens with zero attached hydrogens (tertiary/aromatic N) is 1. The second-order valence-electron chi connectivity index (χ2n) is 5.32. The van der Waals surface area contributed by atoms with E-state index >= 15 is 0 Å². The van der Waals surface area contributed by atoms with Crippen LogP contribution in [0, 0.1) is 11.6 Å². The maximum absolute atomic E-state index is 13.7. The molecule has 2 atom stereocenters. The van der Waals surface area contributed by atoms with E-state index in [1.807, 2.05) is 0 Å². The zero-order valence-electron chi connectivity index (χ0n) is 12.6. The lowest BCUT2D eigenvalue weighted by molar-refractivity contribution is 0.0554. The van der Waals surface area contributed by atoms with Gasteiger partial charge in [-0.05, 0) is 19.9 Å². The van der Waals surface area contributed by atoms with Crippen LogP contribution in [0.5, 0.6) is 0 Å². The maximum atomic E-state index is 13.7. The molecule has 0 spiro atoms. The van der Waals surface area contributed by atoms with Crippen molar-refractivity contribution in [2.75, 3.05) is 6.54 Å². The molecule has 2 rings (SSSR count). The Hall–Kier alpha value is -2.06. The second-order valence-corrected chi connectivity index (χ2v) is 6.24. The van der Waals surface area contributed by atoms with Crippen molar-refractivity contribution in [2.45, 2.75) is 25.5 Å². The fourth-order valence-corrected chi connectivity index (χ4v) is 2.68. The molecule has 0 radical (unpaired) electrons. The summed E-state index contributed by atoms with van der Waals surface area (Å²) >= 11 is 1.41. The molecule has 0 aliphatic heterocycles. The van der Waals surface area contributed by atoms with Crippen LogP contribution < -0.4 is 10.6 Å². The van der Waals surface area contributed by atoms with Crippen molar-refractivity contribution in [1.82, 2.24) is 15.6 Å². The topological polar surface area (TPSA) is 74.2 Å². The molecule has 0 bridgehead atoms. The molecule has 3 N–H and O–H groups in total. The molecule has 8 heteroatoms. The molecule has 0 saturated heterocycles.